The van der Waals surface area contributed by atoms with Gasteiger partial charge in [-0.25, -0.2) is 4.57 Å². The average molecular weight is 382 g/mol. The second kappa shape index (κ2) is 9.30. The van der Waals surface area contributed by atoms with Crippen molar-refractivity contribution in [1.82, 2.24) is 0 Å². The van der Waals surface area contributed by atoms with Crippen LogP contribution >= 0.6 is 18.2 Å². The molecule has 0 heterocycles. The molecule has 0 amide bonds. The van der Waals surface area contributed by atoms with Crippen molar-refractivity contribution in [3.8, 4) is 11.5 Å². The van der Waals surface area contributed by atoms with Crippen molar-refractivity contribution in [2.45, 2.75) is 19.1 Å². The van der Waals surface area contributed by atoms with Crippen molar-refractivity contribution in [3.05, 3.63) is 59.7 Å². The van der Waals surface area contributed by atoms with E-state index in [0.717, 1.165) is 16.9 Å². The summed E-state index contributed by atoms with van der Waals surface area (Å²) in [7, 11) is 1.56. The molecule has 2 aromatic rings. The average Bonchev–Trinajstić information content (AvgIpc) is 2.62. The minimum Gasteiger partial charge on any atom is -0.508 e. The van der Waals surface area contributed by atoms with Gasteiger partial charge in [0, 0.05) is 5.56 Å². The Bertz CT molecular complexity index is 713. The van der Waals surface area contributed by atoms with Crippen molar-refractivity contribution in [3.63, 3.8) is 0 Å². The number of methoxy groups -OCH3 is 1. The monoisotopic (exact) mass is 382 g/mol. The molecule has 2 rings (SSSR count). The molecule has 0 aromatic heterocycles. The summed E-state index contributed by atoms with van der Waals surface area (Å²) in [6.45, 7) is 0.704. The number of benzene rings is 2. The molecule has 0 aliphatic heterocycles. The highest BCUT2D eigenvalue weighted by Crippen LogP contribution is 2.67. The molecule has 0 bridgehead atoms. The molecule has 0 saturated heterocycles. The van der Waals surface area contributed by atoms with E-state index >= 15 is 0 Å². The summed E-state index contributed by atoms with van der Waals surface area (Å²) in [6, 6.07) is 14.5. The largest absolute Gasteiger partial charge is 0.508 e. The van der Waals surface area contributed by atoms with Crippen LogP contribution in [-0.2, 0) is 13.6 Å². The fourth-order valence-electron chi connectivity index (χ4n) is 2.34. The van der Waals surface area contributed by atoms with E-state index in [1.807, 2.05) is 30.3 Å². The summed E-state index contributed by atoms with van der Waals surface area (Å²) in [5.41, 5.74) is 1.48. The van der Waals surface area contributed by atoms with Gasteiger partial charge in [0.15, 0.2) is 0 Å². The Kier molecular flexibility index (Phi) is 7.38. The number of aromatic hydroxyl groups is 1. The Labute approximate surface area is 152 Å². The molecule has 0 aliphatic rings. The zero-order valence-electron chi connectivity index (χ0n) is 14.5. The van der Waals surface area contributed by atoms with E-state index in [-0.39, 0.29) is 19.0 Å². The van der Waals surface area contributed by atoms with Gasteiger partial charge in [0.25, 0.3) is 0 Å². The van der Waals surface area contributed by atoms with Crippen LogP contribution in [0.1, 0.15) is 30.2 Å². The molecule has 25 heavy (non-hydrogen) atoms. The summed E-state index contributed by atoms with van der Waals surface area (Å²) >= 11 is 1.08. The van der Waals surface area contributed by atoms with E-state index in [9.17, 15) is 9.67 Å². The molecule has 2 aromatic carbocycles. The zero-order valence-corrected chi connectivity index (χ0v) is 16.3. The van der Waals surface area contributed by atoms with Crippen LogP contribution in [0.2, 0.25) is 0 Å². The molecular formula is C18H23O5PS. The van der Waals surface area contributed by atoms with Crippen LogP contribution in [0.3, 0.4) is 0 Å². The molecular weight excluding hydrogens is 359 g/mol. The van der Waals surface area contributed by atoms with Gasteiger partial charge >= 0.3 is 6.80 Å². The van der Waals surface area contributed by atoms with E-state index in [1.54, 1.807) is 39.2 Å². The lowest BCUT2D eigenvalue weighted by Crippen LogP contribution is -2.01. The maximum Gasteiger partial charge on any atom is 0.390 e. The highest BCUT2D eigenvalue weighted by Gasteiger charge is 2.33. The Balaban J connectivity index is 2.49. The normalized spacial score (nSPS) is 12.8. The number of phenols is 1. The fourth-order valence-corrected chi connectivity index (χ4v) is 6.48. The van der Waals surface area contributed by atoms with E-state index < -0.39 is 12.0 Å². The first-order chi connectivity index (χ1) is 12.0. The Morgan fingerprint density at radius 2 is 1.72 bits per heavy atom. The van der Waals surface area contributed by atoms with Crippen LogP contribution < -0.4 is 4.74 Å². The Morgan fingerprint density at radius 1 is 1.08 bits per heavy atom. The molecule has 136 valence electrons. The zero-order chi connectivity index (χ0) is 18.3. The maximum absolute atomic E-state index is 13.0. The first-order valence-electron chi connectivity index (χ1n) is 8.02. The van der Waals surface area contributed by atoms with Gasteiger partial charge in [-0.2, -0.15) is 0 Å². The van der Waals surface area contributed by atoms with Crippen LogP contribution in [0.25, 0.3) is 0 Å². The van der Waals surface area contributed by atoms with Crippen LogP contribution in [0.5, 0.6) is 11.5 Å². The maximum atomic E-state index is 13.0. The van der Waals surface area contributed by atoms with Gasteiger partial charge in [-0.15, -0.1) is 0 Å². The van der Waals surface area contributed by atoms with Gasteiger partial charge in [0.1, 0.15) is 11.5 Å². The lowest BCUT2D eigenvalue weighted by atomic mass is 10.0. The molecule has 0 radical (unpaired) electrons. The third kappa shape index (κ3) is 5.25. The number of hydrogen-bond donors (Lipinski definition) is 1. The third-order valence-corrected chi connectivity index (χ3v) is 7.61. The number of rotatable bonds is 9. The van der Waals surface area contributed by atoms with Crippen LogP contribution in [0.4, 0.5) is 0 Å². The van der Waals surface area contributed by atoms with E-state index in [4.69, 9.17) is 13.8 Å². The summed E-state index contributed by atoms with van der Waals surface area (Å²) < 4.78 is 29.2. The van der Waals surface area contributed by atoms with E-state index in [0.29, 0.717) is 11.3 Å². The first kappa shape index (κ1) is 19.9. The first-order valence-corrected chi connectivity index (χ1v) is 11.0. The topological polar surface area (TPSA) is 65.0 Å². The minimum atomic E-state index is -3.39. The molecule has 0 saturated carbocycles. The second-order valence-corrected chi connectivity index (χ2v) is 9.17. The van der Waals surface area contributed by atoms with Gasteiger partial charge in [0.05, 0.1) is 25.6 Å². The van der Waals surface area contributed by atoms with Crippen LogP contribution in [0, 0.1) is 0 Å². The predicted molar refractivity (Wildman–Crippen MR) is 101 cm³/mol. The highest BCUT2D eigenvalue weighted by molar-refractivity contribution is 8.55. The summed E-state index contributed by atoms with van der Waals surface area (Å²) in [5.74, 6) is 0.707. The molecule has 1 unspecified atom stereocenters. The van der Waals surface area contributed by atoms with E-state index in [2.05, 4.69) is 0 Å². The fraction of sp³-hybridized carbons (Fsp3) is 0.333. The Morgan fingerprint density at radius 3 is 2.28 bits per heavy atom. The molecule has 0 fully saturated rings. The standard InChI is InChI=1S/C18H23O5PS/c1-4-22-24(20,23-5-2)25-18(14-9-7-6-8-10-14)16-13-15(21-3)11-12-17(16)19/h6-13,18-19H,4-5H2,1-3H3. The number of phenolic OH excluding ortho intramolecular Hbond substituents is 1. The van der Waals surface area contributed by atoms with Crippen molar-refractivity contribution in [1.29, 1.82) is 0 Å². The summed E-state index contributed by atoms with van der Waals surface area (Å²) in [6.07, 6.45) is 0. The smallest absolute Gasteiger partial charge is 0.390 e. The van der Waals surface area contributed by atoms with Gasteiger partial charge in [-0.1, -0.05) is 30.3 Å². The second-order valence-electron chi connectivity index (χ2n) is 5.10. The molecule has 0 spiro atoms. The van der Waals surface area contributed by atoms with Crippen molar-refractivity contribution in [2.75, 3.05) is 20.3 Å². The third-order valence-electron chi connectivity index (χ3n) is 3.43. The lowest BCUT2D eigenvalue weighted by Gasteiger charge is -2.24. The predicted octanol–water partition coefficient (Wildman–Crippen LogP) is 5.40. The summed E-state index contributed by atoms with van der Waals surface area (Å²) in [5, 5.41) is 9.95. The van der Waals surface area contributed by atoms with Gasteiger partial charge < -0.3 is 18.9 Å². The molecule has 0 aliphatic carbocycles. The van der Waals surface area contributed by atoms with Gasteiger partial charge in [-0.3, -0.25) is 0 Å². The Hall–Kier alpha value is -1.46. The SMILES string of the molecule is CCOP(=O)(OCC)SC(c1ccccc1)c1cc(OC)ccc1O. The van der Waals surface area contributed by atoms with Crippen molar-refractivity contribution < 1.29 is 23.5 Å². The van der Waals surface area contributed by atoms with Crippen LogP contribution in [0.15, 0.2) is 48.5 Å². The van der Waals surface area contributed by atoms with Crippen LogP contribution in [-0.4, -0.2) is 25.4 Å². The lowest BCUT2D eigenvalue weighted by molar-refractivity contribution is 0.236. The van der Waals surface area contributed by atoms with Crippen molar-refractivity contribution >= 4 is 18.2 Å². The molecule has 1 atom stereocenters. The quantitative estimate of drug-likeness (QED) is 0.586. The van der Waals surface area contributed by atoms with Gasteiger partial charge in [-0.05, 0) is 49.0 Å². The molecule has 5 nitrogen and oxygen atoms in total. The van der Waals surface area contributed by atoms with Gasteiger partial charge in [0.2, 0.25) is 0 Å². The van der Waals surface area contributed by atoms with Crippen molar-refractivity contribution in [2.24, 2.45) is 0 Å². The number of hydrogen-bond acceptors (Lipinski definition) is 6. The van der Waals surface area contributed by atoms with E-state index in [1.165, 1.54) is 0 Å². The molecule has 1 N–H and O–H groups in total. The highest BCUT2D eigenvalue weighted by atomic mass is 32.7. The number of ether oxygens (including phenoxy) is 1. The summed E-state index contributed by atoms with van der Waals surface area (Å²) in [4.78, 5) is 0. The molecule has 7 heteroatoms. The minimum absolute atomic E-state index is 0.0988.